The molecule has 0 amide bonds. The number of ether oxygens (including phenoxy) is 2. The number of aliphatic hydroxyl groups is 1. The van der Waals surface area contributed by atoms with Crippen molar-refractivity contribution in [2.45, 2.75) is 12.5 Å². The third-order valence-electron chi connectivity index (χ3n) is 3.65. The van der Waals surface area contributed by atoms with Crippen LogP contribution in [0.5, 0.6) is 11.5 Å². The maximum atomic E-state index is 10.6. The lowest BCUT2D eigenvalue weighted by Gasteiger charge is -2.18. The number of hydrogen-bond acceptors (Lipinski definition) is 4. The Morgan fingerprint density at radius 1 is 1.20 bits per heavy atom. The molecule has 3 N–H and O–H groups in total. The zero-order valence-corrected chi connectivity index (χ0v) is 11.3. The number of aliphatic hydroxyl groups excluding tert-OH is 1. The number of hydrogen-bond donors (Lipinski definition) is 2. The van der Waals surface area contributed by atoms with Crippen LogP contribution in [0.3, 0.4) is 0 Å². The van der Waals surface area contributed by atoms with Crippen molar-refractivity contribution in [1.29, 1.82) is 0 Å². The minimum absolute atomic E-state index is 0.457. The molecule has 1 heterocycles. The molecule has 4 heteroatoms. The third kappa shape index (κ3) is 1.98. The van der Waals surface area contributed by atoms with Crippen molar-refractivity contribution in [2.75, 3.05) is 19.5 Å². The van der Waals surface area contributed by atoms with E-state index in [1.165, 1.54) is 0 Å². The number of nitrogens with two attached hydrogens (primary N) is 1. The Morgan fingerprint density at radius 3 is 2.75 bits per heavy atom. The summed E-state index contributed by atoms with van der Waals surface area (Å²) in [5, 5.41) is 10.6. The summed E-state index contributed by atoms with van der Waals surface area (Å²) in [5.41, 5.74) is 9.02. The van der Waals surface area contributed by atoms with E-state index in [1.807, 2.05) is 24.3 Å². The van der Waals surface area contributed by atoms with Gasteiger partial charge in [-0.1, -0.05) is 30.3 Å². The summed E-state index contributed by atoms with van der Waals surface area (Å²) in [6.07, 6.45) is 0.0573. The molecule has 1 aliphatic rings. The normalized spacial score (nSPS) is 14.5. The molecule has 0 saturated carbocycles. The Labute approximate surface area is 117 Å². The van der Waals surface area contributed by atoms with Crippen LogP contribution in [0.4, 0.5) is 5.69 Å². The second-order valence-electron chi connectivity index (χ2n) is 4.80. The van der Waals surface area contributed by atoms with Gasteiger partial charge in [0.2, 0.25) is 0 Å². The van der Waals surface area contributed by atoms with Gasteiger partial charge in [-0.15, -0.1) is 0 Å². The van der Waals surface area contributed by atoms with E-state index in [1.54, 1.807) is 19.2 Å². The Hall–Kier alpha value is -2.20. The molecule has 0 spiro atoms. The molecular formula is C16H17NO3. The van der Waals surface area contributed by atoms with Gasteiger partial charge in [0, 0.05) is 17.5 Å². The van der Waals surface area contributed by atoms with Crippen molar-refractivity contribution in [3.8, 4) is 11.5 Å². The molecule has 2 aromatic rings. The monoisotopic (exact) mass is 271 g/mol. The van der Waals surface area contributed by atoms with Gasteiger partial charge in [-0.25, -0.2) is 0 Å². The Kier molecular flexibility index (Phi) is 3.24. The van der Waals surface area contributed by atoms with Gasteiger partial charge in [0.15, 0.2) is 0 Å². The average molecular weight is 271 g/mol. The molecule has 1 unspecified atom stereocenters. The lowest BCUT2D eigenvalue weighted by atomic mass is 9.97. The average Bonchev–Trinajstić information content (AvgIpc) is 2.95. The van der Waals surface area contributed by atoms with E-state index in [9.17, 15) is 5.11 Å². The fourth-order valence-electron chi connectivity index (χ4n) is 2.60. The van der Waals surface area contributed by atoms with Gasteiger partial charge in [0.05, 0.1) is 19.4 Å². The highest BCUT2D eigenvalue weighted by molar-refractivity contribution is 5.62. The quantitative estimate of drug-likeness (QED) is 0.841. The molecule has 0 fully saturated rings. The predicted molar refractivity (Wildman–Crippen MR) is 77.1 cm³/mol. The van der Waals surface area contributed by atoms with E-state index in [0.29, 0.717) is 23.6 Å². The number of fused-ring (bicyclic) bond motifs is 1. The Balaban J connectivity index is 2.06. The Morgan fingerprint density at radius 2 is 1.95 bits per heavy atom. The number of rotatable bonds is 3. The highest BCUT2D eigenvalue weighted by atomic mass is 16.5. The van der Waals surface area contributed by atoms with Crippen LogP contribution < -0.4 is 15.2 Å². The van der Waals surface area contributed by atoms with E-state index < -0.39 is 6.10 Å². The first kappa shape index (κ1) is 12.8. The first-order valence-electron chi connectivity index (χ1n) is 6.57. The van der Waals surface area contributed by atoms with Crippen LogP contribution >= 0.6 is 0 Å². The molecule has 104 valence electrons. The summed E-state index contributed by atoms with van der Waals surface area (Å²) in [4.78, 5) is 0. The van der Waals surface area contributed by atoms with Crippen molar-refractivity contribution in [1.82, 2.24) is 0 Å². The molecule has 0 radical (unpaired) electrons. The summed E-state index contributed by atoms with van der Waals surface area (Å²) >= 11 is 0. The van der Waals surface area contributed by atoms with Crippen LogP contribution in [0.15, 0.2) is 36.4 Å². The number of nitrogen functional groups attached to an aromatic ring is 1. The minimum atomic E-state index is -0.821. The fraction of sp³-hybridized carbons (Fsp3) is 0.250. The van der Waals surface area contributed by atoms with Crippen LogP contribution in [0.2, 0.25) is 0 Å². The molecule has 0 aliphatic carbocycles. The summed E-state index contributed by atoms with van der Waals surface area (Å²) in [5.74, 6) is 1.34. The van der Waals surface area contributed by atoms with E-state index in [0.717, 1.165) is 23.3 Å². The van der Waals surface area contributed by atoms with Crippen LogP contribution in [0.25, 0.3) is 0 Å². The molecule has 0 aromatic heterocycles. The van der Waals surface area contributed by atoms with E-state index in [-0.39, 0.29) is 0 Å². The minimum Gasteiger partial charge on any atom is -0.495 e. The largest absolute Gasteiger partial charge is 0.495 e. The summed E-state index contributed by atoms with van der Waals surface area (Å²) in [6, 6.07) is 11.2. The van der Waals surface area contributed by atoms with Gasteiger partial charge in [-0.2, -0.15) is 0 Å². The van der Waals surface area contributed by atoms with Crippen LogP contribution in [-0.4, -0.2) is 18.8 Å². The fourth-order valence-corrected chi connectivity index (χ4v) is 2.60. The van der Waals surface area contributed by atoms with Crippen molar-refractivity contribution >= 4 is 5.69 Å². The maximum Gasteiger partial charge on any atom is 0.142 e. The number of benzene rings is 2. The van der Waals surface area contributed by atoms with Crippen LogP contribution in [0, 0.1) is 0 Å². The van der Waals surface area contributed by atoms with Crippen molar-refractivity contribution in [2.24, 2.45) is 0 Å². The molecule has 20 heavy (non-hydrogen) atoms. The van der Waals surface area contributed by atoms with E-state index >= 15 is 0 Å². The molecule has 2 aromatic carbocycles. The lowest BCUT2D eigenvalue weighted by Crippen LogP contribution is -2.06. The first-order valence-corrected chi connectivity index (χ1v) is 6.57. The smallest absolute Gasteiger partial charge is 0.142 e. The zero-order valence-electron chi connectivity index (χ0n) is 11.3. The topological polar surface area (TPSA) is 64.7 Å². The van der Waals surface area contributed by atoms with E-state index in [2.05, 4.69) is 0 Å². The highest BCUT2D eigenvalue weighted by Crippen LogP contribution is 2.39. The van der Waals surface area contributed by atoms with E-state index in [4.69, 9.17) is 15.2 Å². The van der Waals surface area contributed by atoms with Gasteiger partial charge < -0.3 is 20.3 Å². The van der Waals surface area contributed by atoms with Gasteiger partial charge in [-0.3, -0.25) is 0 Å². The predicted octanol–water partition coefficient (Wildman–Crippen LogP) is 2.29. The molecule has 0 saturated heterocycles. The van der Waals surface area contributed by atoms with Crippen LogP contribution in [-0.2, 0) is 6.42 Å². The summed E-state index contributed by atoms with van der Waals surface area (Å²) < 4.78 is 10.8. The second-order valence-corrected chi connectivity index (χ2v) is 4.80. The Bertz CT molecular complexity index is 640. The second kappa shape index (κ2) is 5.06. The number of anilines is 1. The SMILES string of the molecule is COc1cccc(C(O)c2cccc3c2OCC3)c1N. The maximum absolute atomic E-state index is 10.6. The van der Waals surface area contributed by atoms with Crippen molar-refractivity contribution < 1.29 is 14.6 Å². The third-order valence-corrected chi connectivity index (χ3v) is 3.65. The number of methoxy groups -OCH3 is 1. The van der Waals surface area contributed by atoms with Gasteiger partial charge in [0.1, 0.15) is 17.6 Å². The van der Waals surface area contributed by atoms with Gasteiger partial charge in [0.25, 0.3) is 0 Å². The summed E-state index contributed by atoms with van der Waals surface area (Å²) in [7, 11) is 1.56. The molecule has 3 rings (SSSR count). The van der Waals surface area contributed by atoms with Crippen LogP contribution in [0.1, 0.15) is 22.8 Å². The molecule has 0 bridgehead atoms. The highest BCUT2D eigenvalue weighted by Gasteiger charge is 2.23. The van der Waals surface area contributed by atoms with Crippen molar-refractivity contribution in [3.05, 3.63) is 53.1 Å². The molecule has 1 atom stereocenters. The molecular weight excluding hydrogens is 254 g/mol. The van der Waals surface area contributed by atoms with Gasteiger partial charge >= 0.3 is 0 Å². The summed E-state index contributed by atoms with van der Waals surface area (Å²) in [6.45, 7) is 0.659. The molecule has 1 aliphatic heterocycles. The first-order chi connectivity index (χ1) is 9.72. The molecule has 4 nitrogen and oxygen atoms in total. The zero-order chi connectivity index (χ0) is 14.1. The number of para-hydroxylation sites is 2. The lowest BCUT2D eigenvalue weighted by molar-refractivity contribution is 0.214. The van der Waals surface area contributed by atoms with Crippen molar-refractivity contribution in [3.63, 3.8) is 0 Å². The standard InChI is InChI=1S/C16H17NO3/c1-19-13-7-3-5-11(14(13)17)15(18)12-6-2-4-10-8-9-20-16(10)12/h2-7,15,18H,8-9,17H2,1H3. The van der Waals surface area contributed by atoms with Gasteiger partial charge in [-0.05, 0) is 11.6 Å².